The number of hydrogen-bond donors (Lipinski definition) is 2. The lowest BCUT2D eigenvalue weighted by atomic mass is 10.0. The Labute approximate surface area is 167 Å². The number of hydrogen-bond acceptors (Lipinski definition) is 3. The van der Waals surface area contributed by atoms with E-state index in [1.54, 1.807) is 30.3 Å². The van der Waals surface area contributed by atoms with E-state index < -0.39 is 0 Å². The number of fused-ring (bicyclic) bond motifs is 2. The first-order valence-electron chi connectivity index (χ1n) is 9.42. The minimum absolute atomic E-state index is 0.0286. The number of likely N-dealkylation sites (N-methyl/N-ethyl adjacent to an activating group) is 1. The fourth-order valence-corrected chi connectivity index (χ4v) is 3.52. The van der Waals surface area contributed by atoms with Crippen molar-refractivity contribution in [1.82, 2.24) is 14.9 Å². The summed E-state index contributed by atoms with van der Waals surface area (Å²) in [7, 11) is 1.74. The molecule has 0 saturated heterocycles. The van der Waals surface area contributed by atoms with Gasteiger partial charge in [0.25, 0.3) is 0 Å². The summed E-state index contributed by atoms with van der Waals surface area (Å²) >= 11 is 0. The Kier molecular flexibility index (Phi) is 4.88. The van der Waals surface area contributed by atoms with E-state index in [4.69, 9.17) is 0 Å². The minimum Gasteiger partial charge on any atom is -0.361 e. The third-order valence-electron chi connectivity index (χ3n) is 5.34. The standard InChI is InChI=1S/C22H21FN4O2/c1-13(18-12-24-19-10-16(23)5-6-17(18)19)27(2)21(29)8-3-14-9-15-4-7-20(28)26-22(15)25-11-14/h3,5-6,8-13,24H,4,7H2,1-2H3,(H,25,26,28). The maximum atomic E-state index is 13.4. The molecule has 29 heavy (non-hydrogen) atoms. The molecule has 3 heterocycles. The molecule has 1 aromatic carbocycles. The molecule has 1 aliphatic rings. The number of carbonyl (C=O) groups excluding carboxylic acids is 2. The Balaban J connectivity index is 1.49. The summed E-state index contributed by atoms with van der Waals surface area (Å²) in [6.07, 6.45) is 7.75. The Morgan fingerprint density at radius 2 is 2.14 bits per heavy atom. The molecule has 2 aromatic heterocycles. The van der Waals surface area contributed by atoms with Crippen LogP contribution in [0.1, 0.15) is 36.1 Å². The van der Waals surface area contributed by atoms with Gasteiger partial charge in [-0.05, 0) is 60.4 Å². The number of aryl methyl sites for hydroxylation is 1. The molecule has 1 unspecified atom stereocenters. The van der Waals surface area contributed by atoms with Crippen LogP contribution in [0.4, 0.5) is 10.2 Å². The van der Waals surface area contributed by atoms with Crippen LogP contribution in [-0.4, -0.2) is 33.7 Å². The van der Waals surface area contributed by atoms with Crippen LogP contribution < -0.4 is 5.32 Å². The zero-order chi connectivity index (χ0) is 20.5. The van der Waals surface area contributed by atoms with Crippen molar-refractivity contribution in [2.24, 2.45) is 0 Å². The molecular formula is C22H21FN4O2. The van der Waals surface area contributed by atoms with E-state index in [-0.39, 0.29) is 23.7 Å². The van der Waals surface area contributed by atoms with E-state index >= 15 is 0 Å². The van der Waals surface area contributed by atoms with Crippen molar-refractivity contribution < 1.29 is 14.0 Å². The van der Waals surface area contributed by atoms with Crippen LogP contribution in [0.25, 0.3) is 17.0 Å². The third kappa shape index (κ3) is 3.76. The van der Waals surface area contributed by atoms with Crippen molar-refractivity contribution in [3.05, 3.63) is 65.2 Å². The molecule has 1 aliphatic heterocycles. The van der Waals surface area contributed by atoms with Gasteiger partial charge in [-0.15, -0.1) is 0 Å². The van der Waals surface area contributed by atoms with Gasteiger partial charge in [0, 0.05) is 42.8 Å². The Bertz CT molecular complexity index is 1140. The van der Waals surface area contributed by atoms with E-state index in [1.807, 2.05) is 19.2 Å². The van der Waals surface area contributed by atoms with Crippen LogP contribution in [0, 0.1) is 5.82 Å². The second-order valence-corrected chi connectivity index (χ2v) is 7.22. The highest BCUT2D eigenvalue weighted by atomic mass is 19.1. The summed E-state index contributed by atoms with van der Waals surface area (Å²) in [5, 5.41) is 3.64. The molecule has 4 rings (SSSR count). The Hall–Kier alpha value is -3.48. The molecule has 0 fully saturated rings. The first-order chi connectivity index (χ1) is 13.9. The van der Waals surface area contributed by atoms with Gasteiger partial charge in [0.2, 0.25) is 11.8 Å². The number of pyridine rings is 1. The first kappa shape index (κ1) is 18.9. The number of nitrogens with one attached hydrogen (secondary N) is 2. The zero-order valence-corrected chi connectivity index (χ0v) is 16.2. The Morgan fingerprint density at radius 1 is 1.31 bits per heavy atom. The molecule has 3 aromatic rings. The lowest BCUT2D eigenvalue weighted by Gasteiger charge is -2.23. The molecule has 7 heteroatoms. The molecule has 148 valence electrons. The van der Waals surface area contributed by atoms with Gasteiger partial charge in [-0.25, -0.2) is 9.37 Å². The maximum absolute atomic E-state index is 13.4. The van der Waals surface area contributed by atoms with E-state index in [9.17, 15) is 14.0 Å². The van der Waals surface area contributed by atoms with Gasteiger partial charge in [-0.2, -0.15) is 0 Å². The number of amides is 2. The fourth-order valence-electron chi connectivity index (χ4n) is 3.52. The summed E-state index contributed by atoms with van der Waals surface area (Å²) in [5.74, 6) is 0.106. The number of halogens is 1. The zero-order valence-electron chi connectivity index (χ0n) is 16.2. The third-order valence-corrected chi connectivity index (χ3v) is 5.34. The molecule has 1 atom stereocenters. The summed E-state index contributed by atoms with van der Waals surface area (Å²) in [6, 6.07) is 6.32. The van der Waals surface area contributed by atoms with Gasteiger partial charge in [0.15, 0.2) is 0 Å². The van der Waals surface area contributed by atoms with Gasteiger partial charge in [-0.1, -0.05) is 0 Å². The molecule has 0 radical (unpaired) electrons. The highest BCUT2D eigenvalue weighted by Gasteiger charge is 2.19. The molecule has 0 bridgehead atoms. The molecular weight excluding hydrogens is 371 g/mol. The fraction of sp³-hybridized carbons (Fsp3) is 0.227. The number of nitrogens with zero attached hydrogens (tertiary/aromatic N) is 2. The predicted octanol–water partition coefficient (Wildman–Crippen LogP) is 3.82. The molecule has 6 nitrogen and oxygen atoms in total. The van der Waals surface area contributed by atoms with Gasteiger partial charge in [0.05, 0.1) is 6.04 Å². The van der Waals surface area contributed by atoms with Crippen molar-refractivity contribution >= 4 is 34.6 Å². The monoisotopic (exact) mass is 392 g/mol. The van der Waals surface area contributed by atoms with Gasteiger partial charge < -0.3 is 15.2 Å². The van der Waals surface area contributed by atoms with Crippen molar-refractivity contribution in [2.45, 2.75) is 25.8 Å². The molecule has 2 N–H and O–H groups in total. The van der Waals surface area contributed by atoms with E-state index in [2.05, 4.69) is 15.3 Å². The van der Waals surface area contributed by atoms with Crippen LogP contribution in [0.2, 0.25) is 0 Å². The average molecular weight is 392 g/mol. The van der Waals surface area contributed by atoms with Crippen molar-refractivity contribution in [3.8, 4) is 0 Å². The van der Waals surface area contributed by atoms with Crippen LogP contribution in [0.15, 0.2) is 42.7 Å². The SMILES string of the molecule is CC(c1c[nH]c2cc(F)ccc12)N(C)C(=O)C=Cc1cnc2c(c1)CCC(=O)N2. The second-order valence-electron chi connectivity index (χ2n) is 7.22. The van der Waals surface area contributed by atoms with Crippen LogP contribution in [0.5, 0.6) is 0 Å². The lowest BCUT2D eigenvalue weighted by Crippen LogP contribution is -2.27. The van der Waals surface area contributed by atoms with Crippen LogP contribution >= 0.6 is 0 Å². The van der Waals surface area contributed by atoms with Crippen LogP contribution in [0.3, 0.4) is 0 Å². The number of aromatic amines is 1. The average Bonchev–Trinajstić information content (AvgIpc) is 3.13. The number of rotatable bonds is 4. The number of benzene rings is 1. The number of anilines is 1. The minimum atomic E-state index is -0.302. The summed E-state index contributed by atoms with van der Waals surface area (Å²) in [6.45, 7) is 1.93. The second kappa shape index (κ2) is 7.50. The summed E-state index contributed by atoms with van der Waals surface area (Å²) < 4.78 is 13.4. The van der Waals surface area contributed by atoms with Crippen molar-refractivity contribution in [1.29, 1.82) is 0 Å². The van der Waals surface area contributed by atoms with Gasteiger partial charge >= 0.3 is 0 Å². The molecule has 0 aliphatic carbocycles. The molecule has 0 spiro atoms. The van der Waals surface area contributed by atoms with Crippen molar-refractivity contribution in [2.75, 3.05) is 12.4 Å². The normalized spacial score (nSPS) is 14.7. The largest absolute Gasteiger partial charge is 0.361 e. The summed E-state index contributed by atoms with van der Waals surface area (Å²) in [4.78, 5) is 33.1. The summed E-state index contributed by atoms with van der Waals surface area (Å²) in [5.41, 5.74) is 3.40. The molecule has 0 saturated carbocycles. The quantitative estimate of drug-likeness (QED) is 0.663. The van der Waals surface area contributed by atoms with E-state index in [1.165, 1.54) is 18.2 Å². The van der Waals surface area contributed by atoms with Gasteiger partial charge in [-0.3, -0.25) is 9.59 Å². The number of aromatic nitrogens is 2. The topological polar surface area (TPSA) is 78.1 Å². The Morgan fingerprint density at radius 3 is 2.97 bits per heavy atom. The highest BCUT2D eigenvalue weighted by molar-refractivity contribution is 5.94. The lowest BCUT2D eigenvalue weighted by molar-refractivity contribution is -0.126. The van der Waals surface area contributed by atoms with E-state index in [0.29, 0.717) is 24.2 Å². The number of carbonyl (C=O) groups is 2. The smallest absolute Gasteiger partial charge is 0.246 e. The first-order valence-corrected chi connectivity index (χ1v) is 9.42. The van der Waals surface area contributed by atoms with E-state index in [0.717, 1.165) is 22.1 Å². The predicted molar refractivity (Wildman–Crippen MR) is 110 cm³/mol. The molecule has 2 amide bonds. The highest BCUT2D eigenvalue weighted by Crippen LogP contribution is 2.28. The van der Waals surface area contributed by atoms with Crippen molar-refractivity contribution in [3.63, 3.8) is 0 Å². The van der Waals surface area contributed by atoms with Gasteiger partial charge in [0.1, 0.15) is 11.6 Å². The van der Waals surface area contributed by atoms with Crippen LogP contribution in [-0.2, 0) is 16.0 Å². The maximum Gasteiger partial charge on any atom is 0.246 e. The number of H-pyrrole nitrogens is 1.